The van der Waals surface area contributed by atoms with Crippen molar-refractivity contribution in [3.63, 3.8) is 0 Å². The standard InChI is InChI=1S/C12H19NO4/c1-11(2,3)17-10(16)12-5-4-6-13(12)9(15)8(14)7-12/h8,14H,4-7H2,1-3H3/t8-,12-/m0/s1. The molecule has 0 aromatic heterocycles. The van der Waals surface area contributed by atoms with Crippen molar-refractivity contribution in [1.82, 2.24) is 4.90 Å². The maximum absolute atomic E-state index is 12.2. The highest BCUT2D eigenvalue weighted by molar-refractivity contribution is 5.95. The predicted molar refractivity (Wildman–Crippen MR) is 60.1 cm³/mol. The molecule has 0 radical (unpaired) electrons. The van der Waals surface area contributed by atoms with Gasteiger partial charge in [-0.25, -0.2) is 4.79 Å². The van der Waals surface area contributed by atoms with Crippen molar-refractivity contribution in [2.45, 2.75) is 57.3 Å². The van der Waals surface area contributed by atoms with Gasteiger partial charge < -0.3 is 14.7 Å². The van der Waals surface area contributed by atoms with E-state index < -0.39 is 17.2 Å². The van der Waals surface area contributed by atoms with Gasteiger partial charge in [0.15, 0.2) is 0 Å². The quantitative estimate of drug-likeness (QED) is 0.677. The third-order valence-electron chi connectivity index (χ3n) is 3.35. The Kier molecular flexibility index (Phi) is 2.69. The van der Waals surface area contributed by atoms with Crippen LogP contribution in [0, 0.1) is 0 Å². The van der Waals surface area contributed by atoms with Crippen LogP contribution < -0.4 is 0 Å². The van der Waals surface area contributed by atoms with Crippen molar-refractivity contribution in [1.29, 1.82) is 0 Å². The van der Waals surface area contributed by atoms with E-state index in [0.29, 0.717) is 13.0 Å². The number of esters is 1. The normalized spacial score (nSPS) is 32.8. The van der Waals surface area contributed by atoms with E-state index in [9.17, 15) is 14.7 Å². The van der Waals surface area contributed by atoms with Crippen LogP contribution in [0.1, 0.15) is 40.0 Å². The Morgan fingerprint density at radius 3 is 2.76 bits per heavy atom. The second-order valence-electron chi connectivity index (χ2n) is 5.85. The molecule has 2 saturated heterocycles. The lowest BCUT2D eigenvalue weighted by Crippen LogP contribution is -2.50. The minimum atomic E-state index is -1.05. The molecule has 0 aromatic rings. The summed E-state index contributed by atoms with van der Waals surface area (Å²) in [5.74, 6) is -0.722. The maximum Gasteiger partial charge on any atom is 0.332 e. The summed E-state index contributed by atoms with van der Waals surface area (Å²) in [6.45, 7) is 5.94. The number of carbonyl (C=O) groups is 2. The zero-order chi connectivity index (χ0) is 12.8. The van der Waals surface area contributed by atoms with Gasteiger partial charge >= 0.3 is 5.97 Å². The topological polar surface area (TPSA) is 66.8 Å². The first kappa shape index (κ1) is 12.4. The third-order valence-corrected chi connectivity index (χ3v) is 3.35. The minimum absolute atomic E-state index is 0.167. The largest absolute Gasteiger partial charge is 0.458 e. The summed E-state index contributed by atoms with van der Waals surface area (Å²) in [6.07, 6.45) is 0.492. The van der Waals surface area contributed by atoms with Crippen molar-refractivity contribution < 1.29 is 19.4 Å². The van der Waals surface area contributed by atoms with Gasteiger partial charge in [-0.15, -0.1) is 0 Å². The first-order chi connectivity index (χ1) is 7.76. The SMILES string of the molecule is CC(C)(C)OC(=O)[C@@]12CCCN1C(=O)[C@@H](O)C2. The molecule has 0 unspecified atom stereocenters. The average molecular weight is 241 g/mol. The van der Waals surface area contributed by atoms with Crippen molar-refractivity contribution in [3.05, 3.63) is 0 Å². The highest BCUT2D eigenvalue weighted by Gasteiger charge is 2.59. The van der Waals surface area contributed by atoms with Crippen LogP contribution in [0.15, 0.2) is 0 Å². The van der Waals surface area contributed by atoms with E-state index >= 15 is 0 Å². The van der Waals surface area contributed by atoms with Gasteiger partial charge in [-0.3, -0.25) is 4.79 Å². The summed E-state index contributed by atoms with van der Waals surface area (Å²) in [5, 5.41) is 9.62. The van der Waals surface area contributed by atoms with Crippen LogP contribution in [0.3, 0.4) is 0 Å². The number of nitrogens with zero attached hydrogens (tertiary/aromatic N) is 1. The number of amides is 1. The molecule has 0 saturated carbocycles. The molecule has 2 aliphatic heterocycles. The molecule has 2 rings (SSSR count). The van der Waals surface area contributed by atoms with Crippen molar-refractivity contribution >= 4 is 11.9 Å². The summed E-state index contributed by atoms with van der Waals surface area (Å²) in [7, 11) is 0. The van der Waals surface area contributed by atoms with E-state index in [1.54, 1.807) is 20.8 Å². The molecule has 1 amide bonds. The van der Waals surface area contributed by atoms with E-state index in [2.05, 4.69) is 0 Å². The smallest absolute Gasteiger partial charge is 0.332 e. The van der Waals surface area contributed by atoms with E-state index in [0.717, 1.165) is 6.42 Å². The Morgan fingerprint density at radius 2 is 2.18 bits per heavy atom. The molecule has 0 spiro atoms. The third kappa shape index (κ3) is 1.92. The van der Waals surface area contributed by atoms with Crippen LogP contribution >= 0.6 is 0 Å². The number of fused-ring (bicyclic) bond motifs is 1. The number of rotatable bonds is 1. The van der Waals surface area contributed by atoms with Gasteiger partial charge in [0, 0.05) is 13.0 Å². The molecular weight excluding hydrogens is 222 g/mol. The van der Waals surface area contributed by atoms with Crippen molar-refractivity contribution in [3.8, 4) is 0 Å². The van der Waals surface area contributed by atoms with Crippen LogP contribution in [-0.4, -0.2) is 45.7 Å². The molecule has 2 heterocycles. The lowest BCUT2D eigenvalue weighted by molar-refractivity contribution is -0.168. The van der Waals surface area contributed by atoms with Gasteiger partial charge in [-0.1, -0.05) is 0 Å². The predicted octanol–water partition coefficient (Wildman–Crippen LogP) is 0.454. The molecule has 96 valence electrons. The van der Waals surface area contributed by atoms with Gasteiger partial charge in [-0.2, -0.15) is 0 Å². The Labute approximate surface area is 101 Å². The number of carbonyl (C=O) groups excluding carboxylic acids is 2. The number of aliphatic hydroxyl groups is 1. The summed E-state index contributed by atoms with van der Waals surface area (Å²) in [6, 6.07) is 0. The van der Waals surface area contributed by atoms with Gasteiger partial charge in [-0.05, 0) is 33.6 Å². The Bertz CT molecular complexity index is 360. The zero-order valence-corrected chi connectivity index (χ0v) is 10.5. The van der Waals surface area contributed by atoms with Gasteiger partial charge in [0.1, 0.15) is 17.2 Å². The molecule has 0 aromatic carbocycles. The summed E-state index contributed by atoms with van der Waals surface area (Å²) >= 11 is 0. The maximum atomic E-state index is 12.2. The molecule has 2 aliphatic rings. The van der Waals surface area contributed by atoms with Crippen LogP contribution in [0.2, 0.25) is 0 Å². The molecule has 17 heavy (non-hydrogen) atoms. The molecule has 2 fully saturated rings. The molecular formula is C12H19NO4. The fraction of sp³-hybridized carbons (Fsp3) is 0.833. The lowest BCUT2D eigenvalue weighted by atomic mass is 9.93. The molecule has 0 bridgehead atoms. The van der Waals surface area contributed by atoms with E-state index in [1.165, 1.54) is 4.90 Å². The summed E-state index contributed by atoms with van der Waals surface area (Å²) in [4.78, 5) is 25.5. The fourth-order valence-corrected chi connectivity index (χ4v) is 2.67. The number of ether oxygens (including phenoxy) is 1. The Balaban J connectivity index is 2.23. The number of hydrogen-bond donors (Lipinski definition) is 1. The second kappa shape index (κ2) is 3.70. The number of hydrogen-bond acceptors (Lipinski definition) is 4. The van der Waals surface area contributed by atoms with Gasteiger partial charge in [0.25, 0.3) is 5.91 Å². The second-order valence-corrected chi connectivity index (χ2v) is 5.85. The zero-order valence-electron chi connectivity index (χ0n) is 10.5. The first-order valence-electron chi connectivity index (χ1n) is 5.99. The summed E-state index contributed by atoms with van der Waals surface area (Å²) < 4.78 is 5.38. The lowest BCUT2D eigenvalue weighted by Gasteiger charge is -2.32. The monoisotopic (exact) mass is 241 g/mol. The van der Waals surface area contributed by atoms with E-state index in [4.69, 9.17) is 4.74 Å². The van der Waals surface area contributed by atoms with Crippen molar-refractivity contribution in [2.24, 2.45) is 0 Å². The molecule has 2 atom stereocenters. The van der Waals surface area contributed by atoms with Crippen LogP contribution in [0.25, 0.3) is 0 Å². The van der Waals surface area contributed by atoms with Gasteiger partial charge in [0.05, 0.1) is 0 Å². The van der Waals surface area contributed by atoms with Crippen LogP contribution in [0.4, 0.5) is 0 Å². The van der Waals surface area contributed by atoms with E-state index in [1.807, 2.05) is 0 Å². The van der Waals surface area contributed by atoms with Crippen molar-refractivity contribution in [2.75, 3.05) is 6.54 Å². The molecule has 0 aliphatic carbocycles. The molecule has 5 heteroatoms. The first-order valence-corrected chi connectivity index (χ1v) is 5.99. The molecule has 1 N–H and O–H groups in total. The Morgan fingerprint density at radius 1 is 1.53 bits per heavy atom. The van der Waals surface area contributed by atoms with Crippen LogP contribution in [-0.2, 0) is 14.3 Å². The fourth-order valence-electron chi connectivity index (χ4n) is 2.67. The van der Waals surface area contributed by atoms with Crippen LogP contribution in [0.5, 0.6) is 0 Å². The Hall–Kier alpha value is -1.10. The van der Waals surface area contributed by atoms with E-state index in [-0.39, 0.29) is 18.3 Å². The molecule has 5 nitrogen and oxygen atoms in total. The highest BCUT2D eigenvalue weighted by Crippen LogP contribution is 2.41. The number of aliphatic hydroxyl groups excluding tert-OH is 1. The average Bonchev–Trinajstić information content (AvgIpc) is 2.66. The van der Waals surface area contributed by atoms with Gasteiger partial charge in [0.2, 0.25) is 0 Å². The minimum Gasteiger partial charge on any atom is -0.458 e. The highest BCUT2D eigenvalue weighted by atomic mass is 16.6. The summed E-state index contributed by atoms with van der Waals surface area (Å²) in [5.41, 5.74) is -1.49.